The number of aryl methyl sites for hydroxylation is 1. The summed E-state index contributed by atoms with van der Waals surface area (Å²) in [7, 11) is 0. The van der Waals surface area contributed by atoms with Crippen LogP contribution in [0.25, 0.3) is 0 Å². The van der Waals surface area contributed by atoms with Gasteiger partial charge in [0.2, 0.25) is 0 Å². The van der Waals surface area contributed by atoms with Crippen molar-refractivity contribution in [1.82, 2.24) is 0 Å². The van der Waals surface area contributed by atoms with Gasteiger partial charge in [-0.2, -0.15) is 0 Å². The maximum atomic E-state index is 4.44. The van der Waals surface area contributed by atoms with Crippen molar-refractivity contribution in [2.75, 3.05) is 6.54 Å². The fraction of sp³-hybridized carbons (Fsp3) is 0.438. The average Bonchev–Trinajstić information content (AvgIpc) is 2.33. The smallest absolute Gasteiger partial charge is 0.0422 e. The second-order valence-electron chi connectivity index (χ2n) is 4.76. The fourth-order valence-corrected chi connectivity index (χ4v) is 1.62. The summed E-state index contributed by atoms with van der Waals surface area (Å²) in [5.41, 5.74) is 2.62. The number of nitrogens with zero attached hydrogens (tertiary/aromatic N) is 1. The van der Waals surface area contributed by atoms with Gasteiger partial charge in [-0.15, -0.1) is 6.58 Å². The number of benzene rings is 1. The van der Waals surface area contributed by atoms with Gasteiger partial charge in [0.25, 0.3) is 0 Å². The van der Waals surface area contributed by atoms with Gasteiger partial charge in [-0.05, 0) is 37.7 Å². The lowest BCUT2D eigenvalue weighted by molar-refractivity contribution is 0.690. The zero-order chi connectivity index (χ0) is 12.5. The Bertz CT molecular complexity index is 351. The zero-order valence-electron chi connectivity index (χ0n) is 11.0. The summed E-state index contributed by atoms with van der Waals surface area (Å²) in [5.74, 6) is 0.556. The van der Waals surface area contributed by atoms with Crippen molar-refractivity contribution < 1.29 is 0 Å². The van der Waals surface area contributed by atoms with Gasteiger partial charge < -0.3 is 0 Å². The van der Waals surface area contributed by atoms with Gasteiger partial charge in [0, 0.05) is 12.8 Å². The highest BCUT2D eigenvalue weighted by molar-refractivity contribution is 5.60. The molecule has 1 nitrogen and oxygen atoms in total. The van der Waals surface area contributed by atoms with Gasteiger partial charge in [0.1, 0.15) is 0 Å². The summed E-state index contributed by atoms with van der Waals surface area (Å²) < 4.78 is 0. The number of aliphatic imine (C=N–C) groups is 1. The second-order valence-corrected chi connectivity index (χ2v) is 4.76. The maximum Gasteiger partial charge on any atom is 0.0422 e. The quantitative estimate of drug-likeness (QED) is 0.488. The van der Waals surface area contributed by atoms with E-state index in [4.69, 9.17) is 0 Å². The molecular weight excluding hydrogens is 206 g/mol. The van der Waals surface area contributed by atoms with Gasteiger partial charge in [-0.3, -0.25) is 4.99 Å². The molecule has 1 atom stereocenters. The molecule has 0 N–H and O–H groups in total. The molecule has 0 spiro atoms. The van der Waals surface area contributed by atoms with Crippen LogP contribution in [-0.2, 0) is 6.42 Å². The minimum atomic E-state index is 0.556. The summed E-state index contributed by atoms with van der Waals surface area (Å²) in [5, 5.41) is 0. The van der Waals surface area contributed by atoms with E-state index in [9.17, 15) is 0 Å². The van der Waals surface area contributed by atoms with Crippen LogP contribution in [0.3, 0.4) is 0 Å². The van der Waals surface area contributed by atoms with Crippen LogP contribution in [0.1, 0.15) is 32.3 Å². The summed E-state index contributed by atoms with van der Waals surface area (Å²) in [6, 6.07) is 10.6. The third-order valence-electron chi connectivity index (χ3n) is 2.76. The van der Waals surface area contributed by atoms with E-state index in [1.165, 1.54) is 17.6 Å². The lowest BCUT2D eigenvalue weighted by Gasteiger charge is -2.05. The van der Waals surface area contributed by atoms with Crippen molar-refractivity contribution in [2.24, 2.45) is 10.9 Å². The van der Waals surface area contributed by atoms with Crippen molar-refractivity contribution in [1.29, 1.82) is 0 Å². The second kappa shape index (κ2) is 7.83. The Morgan fingerprint density at radius 2 is 2.06 bits per heavy atom. The molecule has 1 rings (SSSR count). The molecule has 0 saturated heterocycles. The third kappa shape index (κ3) is 6.72. The van der Waals surface area contributed by atoms with E-state index in [0.717, 1.165) is 19.4 Å². The molecule has 1 aromatic carbocycles. The monoisotopic (exact) mass is 229 g/mol. The Balaban J connectivity index is 2.21. The van der Waals surface area contributed by atoms with Crippen molar-refractivity contribution in [3.05, 3.63) is 48.0 Å². The molecule has 92 valence electrons. The van der Waals surface area contributed by atoms with Crippen molar-refractivity contribution in [3.63, 3.8) is 0 Å². The standard InChI is InChI=1S/C16H23N/c1-14(2)11-12-17-13-15(3)9-10-16-7-5-4-6-8-16/h4-8,13,15H,1,9-12H2,2-3H3. The van der Waals surface area contributed by atoms with E-state index in [1.807, 2.05) is 6.92 Å². The molecule has 0 radical (unpaired) electrons. The van der Waals surface area contributed by atoms with Gasteiger partial charge in [-0.25, -0.2) is 0 Å². The van der Waals surface area contributed by atoms with Crippen LogP contribution < -0.4 is 0 Å². The molecule has 0 bridgehead atoms. The molecule has 0 aliphatic heterocycles. The van der Waals surface area contributed by atoms with E-state index in [0.29, 0.717) is 5.92 Å². The molecule has 0 heterocycles. The molecule has 1 unspecified atom stereocenters. The molecule has 0 amide bonds. The van der Waals surface area contributed by atoms with Crippen LogP contribution >= 0.6 is 0 Å². The first-order chi connectivity index (χ1) is 8.18. The van der Waals surface area contributed by atoms with Crippen molar-refractivity contribution in [3.8, 4) is 0 Å². The van der Waals surface area contributed by atoms with Crippen LogP contribution in [-0.4, -0.2) is 12.8 Å². The Hall–Kier alpha value is -1.37. The first kappa shape index (κ1) is 13.7. The SMILES string of the molecule is C=C(C)CCN=CC(C)CCc1ccccc1. The molecule has 17 heavy (non-hydrogen) atoms. The highest BCUT2D eigenvalue weighted by atomic mass is 14.7. The molecule has 0 aromatic heterocycles. The topological polar surface area (TPSA) is 12.4 Å². The van der Waals surface area contributed by atoms with E-state index < -0.39 is 0 Å². The summed E-state index contributed by atoms with van der Waals surface area (Å²) in [6.45, 7) is 9.03. The average molecular weight is 229 g/mol. The molecule has 0 aliphatic carbocycles. The lowest BCUT2D eigenvalue weighted by atomic mass is 10.0. The molecule has 0 fully saturated rings. The largest absolute Gasteiger partial charge is 0.297 e. The first-order valence-corrected chi connectivity index (χ1v) is 6.36. The van der Waals surface area contributed by atoms with Crippen molar-refractivity contribution >= 4 is 6.21 Å². The predicted molar refractivity (Wildman–Crippen MR) is 76.7 cm³/mol. The Morgan fingerprint density at radius 1 is 1.35 bits per heavy atom. The highest BCUT2D eigenvalue weighted by Gasteiger charge is 1.98. The number of rotatable bonds is 7. The van der Waals surface area contributed by atoms with Crippen LogP contribution in [0.15, 0.2) is 47.5 Å². The Labute approximate surface area is 105 Å². The molecular formula is C16H23N. The highest BCUT2D eigenvalue weighted by Crippen LogP contribution is 2.08. The van der Waals surface area contributed by atoms with Crippen molar-refractivity contribution in [2.45, 2.75) is 33.1 Å². The molecule has 1 heteroatoms. The van der Waals surface area contributed by atoms with Gasteiger partial charge in [0.05, 0.1) is 0 Å². The number of hydrogen-bond acceptors (Lipinski definition) is 1. The summed E-state index contributed by atoms with van der Waals surface area (Å²) in [4.78, 5) is 4.44. The summed E-state index contributed by atoms with van der Waals surface area (Å²) >= 11 is 0. The van der Waals surface area contributed by atoms with E-state index in [1.54, 1.807) is 0 Å². The predicted octanol–water partition coefficient (Wildman–Crippen LogP) is 4.29. The minimum absolute atomic E-state index is 0.556. The van der Waals surface area contributed by atoms with E-state index >= 15 is 0 Å². The third-order valence-corrected chi connectivity index (χ3v) is 2.76. The lowest BCUT2D eigenvalue weighted by Crippen LogP contribution is -1.99. The zero-order valence-corrected chi connectivity index (χ0v) is 11.0. The Kier molecular flexibility index (Phi) is 6.31. The summed E-state index contributed by atoms with van der Waals surface area (Å²) in [6.07, 6.45) is 5.39. The van der Waals surface area contributed by atoms with Crippen LogP contribution in [0.5, 0.6) is 0 Å². The Morgan fingerprint density at radius 3 is 2.71 bits per heavy atom. The fourth-order valence-electron chi connectivity index (χ4n) is 1.62. The first-order valence-electron chi connectivity index (χ1n) is 6.36. The van der Waals surface area contributed by atoms with Crippen LogP contribution in [0, 0.1) is 5.92 Å². The molecule has 0 aliphatic rings. The molecule has 1 aromatic rings. The van der Waals surface area contributed by atoms with E-state index in [-0.39, 0.29) is 0 Å². The van der Waals surface area contributed by atoms with Gasteiger partial charge >= 0.3 is 0 Å². The van der Waals surface area contributed by atoms with Crippen LogP contribution in [0.4, 0.5) is 0 Å². The van der Waals surface area contributed by atoms with Gasteiger partial charge in [0.15, 0.2) is 0 Å². The van der Waals surface area contributed by atoms with Gasteiger partial charge in [-0.1, -0.05) is 42.8 Å². The maximum absolute atomic E-state index is 4.44. The number of hydrogen-bond donors (Lipinski definition) is 0. The van der Waals surface area contributed by atoms with Crippen LogP contribution in [0.2, 0.25) is 0 Å². The molecule has 0 saturated carbocycles. The van der Waals surface area contributed by atoms with E-state index in [2.05, 4.69) is 55.0 Å². The normalized spacial score (nSPS) is 12.8. The minimum Gasteiger partial charge on any atom is -0.297 e.